The number of esters is 1. The van der Waals surface area contributed by atoms with Gasteiger partial charge in [-0.3, -0.25) is 24.0 Å². The Kier molecular flexibility index (Phi) is 8.93. The van der Waals surface area contributed by atoms with Crippen LogP contribution in [0.15, 0.2) is 30.5 Å². The lowest BCUT2D eigenvalue weighted by atomic mass is 9.97. The first-order valence-corrected chi connectivity index (χ1v) is 11.8. The van der Waals surface area contributed by atoms with Crippen LogP contribution in [-0.4, -0.2) is 77.4 Å². The average molecular weight is 498 g/mol. The Balaban J connectivity index is 1.73. The molecular weight excluding hydrogens is 466 g/mol. The zero-order valence-corrected chi connectivity index (χ0v) is 20.3. The smallest absolute Gasteiger partial charge is 0.312 e. The first kappa shape index (κ1) is 26.6. The lowest BCUT2D eigenvalue weighted by Gasteiger charge is -2.39. The van der Waals surface area contributed by atoms with E-state index < -0.39 is 41.5 Å². The standard InChI is InChI=1S/C25H31N5O6/c1-3-36-25(35)17-13-30(14-17)24(34)21(9-8-18(32)11-26)29-23(33)22(28-15(2)31)10-16-12-27-20-7-5-4-6-19(16)20/h4-7,11-12,17,21-22,26-27H,3,8-10,13-14H2,1-2H3,(H,28,31)(H,29,33)/t21-,22-/m0/s1. The molecule has 1 saturated heterocycles. The first-order chi connectivity index (χ1) is 17.2. The van der Waals surface area contributed by atoms with Crippen LogP contribution in [0.3, 0.4) is 0 Å². The van der Waals surface area contributed by atoms with Crippen LogP contribution in [0.5, 0.6) is 0 Å². The van der Waals surface area contributed by atoms with Crippen molar-refractivity contribution in [1.29, 1.82) is 5.41 Å². The Labute approximate surface area is 208 Å². The summed E-state index contributed by atoms with van der Waals surface area (Å²) in [4.78, 5) is 66.4. The van der Waals surface area contributed by atoms with Gasteiger partial charge in [0.1, 0.15) is 12.1 Å². The number of carbonyl (C=O) groups excluding carboxylic acids is 5. The van der Waals surface area contributed by atoms with Gasteiger partial charge in [0.25, 0.3) is 0 Å². The third-order valence-corrected chi connectivity index (χ3v) is 6.06. The SMILES string of the molecule is CCOC(=O)C1CN(C(=O)[C@H](CCC(=O)C=N)NC(=O)[C@H](Cc2c[nH]c3ccccc23)NC(C)=O)C1. The molecule has 0 spiro atoms. The fourth-order valence-corrected chi connectivity index (χ4v) is 4.15. The van der Waals surface area contributed by atoms with Crippen LogP contribution >= 0.6 is 0 Å². The predicted octanol–water partition coefficient (Wildman–Crippen LogP) is 0.720. The van der Waals surface area contributed by atoms with Crippen LogP contribution in [0.4, 0.5) is 0 Å². The van der Waals surface area contributed by atoms with Gasteiger partial charge in [-0.2, -0.15) is 0 Å². The zero-order chi connectivity index (χ0) is 26.2. The van der Waals surface area contributed by atoms with E-state index in [0.717, 1.165) is 16.5 Å². The van der Waals surface area contributed by atoms with Crippen molar-refractivity contribution in [2.24, 2.45) is 5.92 Å². The summed E-state index contributed by atoms with van der Waals surface area (Å²) in [6, 6.07) is 5.55. The van der Waals surface area contributed by atoms with Crippen molar-refractivity contribution < 1.29 is 28.7 Å². The van der Waals surface area contributed by atoms with E-state index in [4.69, 9.17) is 10.1 Å². The molecule has 11 nitrogen and oxygen atoms in total. The molecule has 2 atom stereocenters. The summed E-state index contributed by atoms with van der Waals surface area (Å²) in [5.74, 6) is -2.70. The maximum Gasteiger partial charge on any atom is 0.312 e. The molecule has 0 saturated carbocycles. The summed E-state index contributed by atoms with van der Waals surface area (Å²) >= 11 is 0. The number of Topliss-reactive ketones (excluding diaryl/α,β-unsaturated/α-hetero) is 1. The Morgan fingerprint density at radius 2 is 1.89 bits per heavy atom. The fraction of sp³-hybridized carbons (Fsp3) is 0.440. The molecule has 0 radical (unpaired) electrons. The second-order valence-electron chi connectivity index (χ2n) is 8.72. The minimum atomic E-state index is -1.05. The molecular formula is C25H31N5O6. The molecule has 1 aliphatic heterocycles. The molecule has 3 rings (SSSR count). The number of ketones is 1. The summed E-state index contributed by atoms with van der Waals surface area (Å²) in [5, 5.41) is 13.3. The minimum Gasteiger partial charge on any atom is -0.466 e. The second-order valence-corrected chi connectivity index (χ2v) is 8.72. The number of aromatic nitrogens is 1. The molecule has 1 aliphatic rings. The van der Waals surface area contributed by atoms with Crippen LogP contribution in [0.2, 0.25) is 0 Å². The van der Waals surface area contributed by atoms with Crippen LogP contribution in [0, 0.1) is 11.3 Å². The largest absolute Gasteiger partial charge is 0.466 e. The number of amides is 3. The number of H-pyrrole nitrogens is 1. The molecule has 2 heterocycles. The van der Waals surface area contributed by atoms with Gasteiger partial charge in [0, 0.05) is 50.0 Å². The second kappa shape index (κ2) is 12.1. The van der Waals surface area contributed by atoms with Crippen molar-refractivity contribution >= 4 is 46.6 Å². The number of para-hydroxylation sites is 1. The molecule has 4 N–H and O–H groups in total. The molecule has 3 amide bonds. The van der Waals surface area contributed by atoms with Crippen LogP contribution in [0.25, 0.3) is 10.9 Å². The highest BCUT2D eigenvalue weighted by atomic mass is 16.5. The van der Waals surface area contributed by atoms with E-state index in [-0.39, 0.29) is 44.9 Å². The van der Waals surface area contributed by atoms with E-state index in [1.54, 1.807) is 13.1 Å². The van der Waals surface area contributed by atoms with E-state index in [9.17, 15) is 24.0 Å². The molecule has 0 aliphatic carbocycles. The quantitative estimate of drug-likeness (QED) is 0.250. The number of carbonyl (C=O) groups is 5. The summed E-state index contributed by atoms with van der Waals surface area (Å²) in [5.41, 5.74) is 1.71. The maximum atomic E-state index is 13.2. The number of nitrogens with zero attached hydrogens (tertiary/aromatic N) is 1. The Hall–Kier alpha value is -4.02. The monoisotopic (exact) mass is 497 g/mol. The Bertz CT molecular complexity index is 1150. The normalized spacial score (nSPS) is 14.9. The number of rotatable bonds is 12. The van der Waals surface area contributed by atoms with Gasteiger partial charge in [-0.1, -0.05) is 18.2 Å². The van der Waals surface area contributed by atoms with E-state index in [0.29, 0.717) is 6.21 Å². The number of nitrogens with one attached hydrogen (secondary N) is 4. The van der Waals surface area contributed by atoms with Crippen molar-refractivity contribution in [2.75, 3.05) is 19.7 Å². The molecule has 11 heteroatoms. The highest BCUT2D eigenvalue weighted by molar-refractivity contribution is 6.26. The minimum absolute atomic E-state index is 0.0146. The molecule has 1 fully saturated rings. The number of hydrogen-bond acceptors (Lipinski definition) is 7. The molecule has 192 valence electrons. The van der Waals surface area contributed by atoms with E-state index in [1.807, 2.05) is 24.3 Å². The van der Waals surface area contributed by atoms with Crippen molar-refractivity contribution in [3.63, 3.8) is 0 Å². The number of likely N-dealkylation sites (tertiary alicyclic amines) is 1. The van der Waals surface area contributed by atoms with Crippen molar-refractivity contribution in [2.45, 2.75) is 45.2 Å². The topological polar surface area (TPSA) is 162 Å². The average Bonchev–Trinajstić information content (AvgIpc) is 3.22. The van der Waals surface area contributed by atoms with Crippen molar-refractivity contribution in [3.05, 3.63) is 36.0 Å². The number of hydrogen-bond donors (Lipinski definition) is 4. The van der Waals surface area contributed by atoms with Gasteiger partial charge >= 0.3 is 5.97 Å². The van der Waals surface area contributed by atoms with Gasteiger partial charge in [0.05, 0.1) is 18.7 Å². The van der Waals surface area contributed by atoms with E-state index in [1.165, 1.54) is 11.8 Å². The van der Waals surface area contributed by atoms with Crippen molar-refractivity contribution in [1.82, 2.24) is 20.5 Å². The molecule has 0 unspecified atom stereocenters. The lowest BCUT2D eigenvalue weighted by Crippen LogP contribution is -2.60. The Morgan fingerprint density at radius 1 is 1.17 bits per heavy atom. The summed E-state index contributed by atoms with van der Waals surface area (Å²) in [7, 11) is 0. The molecule has 1 aromatic carbocycles. The van der Waals surface area contributed by atoms with Crippen LogP contribution in [-0.2, 0) is 35.1 Å². The van der Waals surface area contributed by atoms with Gasteiger partial charge in [-0.25, -0.2) is 0 Å². The van der Waals surface area contributed by atoms with E-state index in [2.05, 4.69) is 15.6 Å². The number of ether oxygens (including phenoxy) is 1. The molecule has 2 aromatic rings. The van der Waals surface area contributed by atoms with Crippen LogP contribution < -0.4 is 10.6 Å². The summed E-state index contributed by atoms with van der Waals surface area (Å²) in [6.07, 6.45) is 2.50. The predicted molar refractivity (Wildman–Crippen MR) is 131 cm³/mol. The number of fused-ring (bicyclic) bond motifs is 1. The molecule has 1 aromatic heterocycles. The number of benzene rings is 1. The lowest BCUT2D eigenvalue weighted by molar-refractivity contribution is -0.158. The maximum absolute atomic E-state index is 13.2. The van der Waals surface area contributed by atoms with Gasteiger partial charge in [-0.15, -0.1) is 0 Å². The highest BCUT2D eigenvalue weighted by Crippen LogP contribution is 2.21. The first-order valence-electron chi connectivity index (χ1n) is 11.8. The molecule has 0 bridgehead atoms. The fourth-order valence-electron chi connectivity index (χ4n) is 4.15. The van der Waals surface area contributed by atoms with Gasteiger partial charge in [0.2, 0.25) is 17.7 Å². The van der Waals surface area contributed by atoms with Gasteiger partial charge < -0.3 is 30.7 Å². The highest BCUT2D eigenvalue weighted by Gasteiger charge is 2.40. The molecule has 36 heavy (non-hydrogen) atoms. The summed E-state index contributed by atoms with van der Waals surface area (Å²) < 4.78 is 4.98. The van der Waals surface area contributed by atoms with Gasteiger partial charge in [0.15, 0.2) is 5.78 Å². The summed E-state index contributed by atoms with van der Waals surface area (Å²) in [6.45, 7) is 3.57. The van der Waals surface area contributed by atoms with Crippen molar-refractivity contribution in [3.8, 4) is 0 Å². The third kappa shape index (κ3) is 6.55. The van der Waals surface area contributed by atoms with E-state index >= 15 is 0 Å². The van der Waals surface area contributed by atoms with Gasteiger partial charge in [-0.05, 0) is 25.0 Å². The zero-order valence-electron chi connectivity index (χ0n) is 20.3. The third-order valence-electron chi connectivity index (χ3n) is 6.06. The Morgan fingerprint density at radius 3 is 2.56 bits per heavy atom. The van der Waals surface area contributed by atoms with Crippen LogP contribution in [0.1, 0.15) is 32.3 Å². The number of aromatic amines is 1.